The van der Waals surface area contributed by atoms with Gasteiger partial charge in [0, 0.05) is 12.0 Å². The van der Waals surface area contributed by atoms with Gasteiger partial charge < -0.3 is 20.9 Å². The molecule has 104 valence electrons. The number of hydrogen-bond acceptors (Lipinski definition) is 4. The Labute approximate surface area is 112 Å². The summed E-state index contributed by atoms with van der Waals surface area (Å²) >= 11 is 0. The highest BCUT2D eigenvalue weighted by molar-refractivity contribution is 5.94. The van der Waals surface area contributed by atoms with Crippen LogP contribution < -0.4 is 15.8 Å². The fourth-order valence-electron chi connectivity index (χ4n) is 2.63. The van der Waals surface area contributed by atoms with Crippen LogP contribution in [-0.2, 0) is 4.79 Å². The van der Waals surface area contributed by atoms with Gasteiger partial charge in [0.15, 0.2) is 0 Å². The molecule has 1 aliphatic rings. The molecule has 1 saturated carbocycles. The molecule has 19 heavy (non-hydrogen) atoms. The lowest BCUT2D eigenvalue weighted by Gasteiger charge is -2.18. The van der Waals surface area contributed by atoms with Gasteiger partial charge in [0.2, 0.25) is 5.91 Å². The van der Waals surface area contributed by atoms with Gasteiger partial charge >= 0.3 is 0 Å². The van der Waals surface area contributed by atoms with E-state index in [4.69, 9.17) is 10.5 Å². The number of carbonyl (C=O) groups is 1. The van der Waals surface area contributed by atoms with Crippen molar-refractivity contribution in [3.63, 3.8) is 0 Å². The van der Waals surface area contributed by atoms with Crippen LogP contribution in [0.1, 0.15) is 19.3 Å². The van der Waals surface area contributed by atoms with Gasteiger partial charge in [-0.1, -0.05) is 6.42 Å². The van der Waals surface area contributed by atoms with Crippen molar-refractivity contribution in [1.82, 2.24) is 0 Å². The predicted molar refractivity (Wildman–Crippen MR) is 73.2 cm³/mol. The number of methoxy groups -OCH3 is 1. The van der Waals surface area contributed by atoms with Crippen molar-refractivity contribution in [2.45, 2.75) is 19.3 Å². The average Bonchev–Trinajstić information content (AvgIpc) is 2.89. The predicted octanol–water partition coefficient (Wildman–Crippen LogP) is 1.71. The van der Waals surface area contributed by atoms with Gasteiger partial charge in [0.25, 0.3) is 0 Å². The summed E-state index contributed by atoms with van der Waals surface area (Å²) in [6.45, 7) is 0.534. The van der Waals surface area contributed by atoms with Gasteiger partial charge in [-0.05, 0) is 37.4 Å². The molecular formula is C14H20N2O3. The topological polar surface area (TPSA) is 84.6 Å². The summed E-state index contributed by atoms with van der Waals surface area (Å²) in [5.74, 6) is 0.700. The average molecular weight is 264 g/mol. The highest BCUT2D eigenvalue weighted by Crippen LogP contribution is 2.33. The van der Waals surface area contributed by atoms with E-state index >= 15 is 0 Å². The highest BCUT2D eigenvalue weighted by Gasteiger charge is 2.32. The maximum atomic E-state index is 12.2. The van der Waals surface area contributed by atoms with Crippen LogP contribution in [0.25, 0.3) is 0 Å². The Morgan fingerprint density at radius 1 is 1.53 bits per heavy atom. The molecule has 5 nitrogen and oxygen atoms in total. The Balaban J connectivity index is 2.06. The molecule has 5 heteroatoms. The van der Waals surface area contributed by atoms with Crippen LogP contribution in [0.15, 0.2) is 18.2 Å². The van der Waals surface area contributed by atoms with Crippen LogP contribution in [0.2, 0.25) is 0 Å². The first-order valence-electron chi connectivity index (χ1n) is 6.53. The molecule has 0 bridgehead atoms. The second kappa shape index (κ2) is 5.93. The zero-order valence-electron chi connectivity index (χ0n) is 11.1. The van der Waals surface area contributed by atoms with E-state index in [1.54, 1.807) is 12.1 Å². The Morgan fingerprint density at radius 2 is 2.32 bits per heavy atom. The molecule has 0 saturated heterocycles. The molecule has 0 radical (unpaired) electrons. The van der Waals surface area contributed by atoms with Crippen LogP contribution in [-0.4, -0.2) is 24.7 Å². The number of hydrogen-bond donors (Lipinski definition) is 3. The van der Waals surface area contributed by atoms with Gasteiger partial charge in [0.05, 0.1) is 12.8 Å². The van der Waals surface area contributed by atoms with Crippen molar-refractivity contribution in [2.75, 3.05) is 19.0 Å². The number of phenols is 1. The summed E-state index contributed by atoms with van der Waals surface area (Å²) in [4.78, 5) is 12.2. The van der Waals surface area contributed by atoms with Gasteiger partial charge in [-0.2, -0.15) is 0 Å². The van der Waals surface area contributed by atoms with E-state index in [1.165, 1.54) is 13.2 Å². The number of rotatable bonds is 4. The third-order valence-corrected chi connectivity index (χ3v) is 3.76. The number of ether oxygens (including phenoxy) is 1. The Morgan fingerprint density at radius 3 is 2.95 bits per heavy atom. The van der Waals surface area contributed by atoms with Crippen LogP contribution in [0.3, 0.4) is 0 Å². The molecule has 1 aromatic carbocycles. The van der Waals surface area contributed by atoms with E-state index in [9.17, 15) is 9.90 Å². The molecule has 0 spiro atoms. The number of amides is 1. The molecule has 2 unspecified atom stereocenters. The molecule has 1 amide bonds. The maximum absolute atomic E-state index is 12.2. The number of benzene rings is 1. The SMILES string of the molecule is COc1ccc(NC(=O)C2CCCC2CN)c(O)c1. The molecule has 2 rings (SSSR count). The maximum Gasteiger partial charge on any atom is 0.227 e. The molecule has 0 heterocycles. The molecule has 0 aliphatic heterocycles. The minimum Gasteiger partial charge on any atom is -0.506 e. The Hall–Kier alpha value is -1.75. The number of anilines is 1. The highest BCUT2D eigenvalue weighted by atomic mass is 16.5. The van der Waals surface area contributed by atoms with Crippen LogP contribution in [0, 0.1) is 11.8 Å². The lowest BCUT2D eigenvalue weighted by Crippen LogP contribution is -2.29. The second-order valence-electron chi connectivity index (χ2n) is 4.91. The first-order chi connectivity index (χ1) is 9.15. The van der Waals surface area contributed by atoms with Gasteiger partial charge in [-0.25, -0.2) is 0 Å². The largest absolute Gasteiger partial charge is 0.506 e. The van der Waals surface area contributed by atoms with Crippen molar-refractivity contribution >= 4 is 11.6 Å². The van der Waals surface area contributed by atoms with Gasteiger partial charge in [-0.3, -0.25) is 4.79 Å². The first-order valence-corrected chi connectivity index (χ1v) is 6.53. The Bertz CT molecular complexity index is 462. The zero-order valence-corrected chi connectivity index (χ0v) is 11.1. The fraction of sp³-hybridized carbons (Fsp3) is 0.500. The van der Waals surface area contributed by atoms with Crippen LogP contribution >= 0.6 is 0 Å². The van der Waals surface area contributed by atoms with E-state index < -0.39 is 0 Å². The lowest BCUT2D eigenvalue weighted by atomic mass is 9.95. The summed E-state index contributed by atoms with van der Waals surface area (Å²) in [6, 6.07) is 4.81. The normalized spacial score (nSPS) is 22.2. The van der Waals surface area contributed by atoms with E-state index in [0.717, 1.165) is 19.3 Å². The molecule has 2 atom stereocenters. The van der Waals surface area contributed by atoms with Gasteiger partial charge in [-0.15, -0.1) is 0 Å². The van der Waals surface area contributed by atoms with Crippen molar-refractivity contribution in [3.8, 4) is 11.5 Å². The van der Waals surface area contributed by atoms with Crippen molar-refractivity contribution in [1.29, 1.82) is 0 Å². The summed E-state index contributed by atoms with van der Waals surface area (Å²) < 4.78 is 5.00. The molecule has 1 aromatic rings. The number of phenolic OH excluding ortho intramolecular Hbond substituents is 1. The lowest BCUT2D eigenvalue weighted by molar-refractivity contribution is -0.120. The summed E-state index contributed by atoms with van der Waals surface area (Å²) in [7, 11) is 1.53. The number of carbonyl (C=O) groups excluding carboxylic acids is 1. The van der Waals surface area contributed by atoms with Crippen molar-refractivity contribution < 1.29 is 14.6 Å². The van der Waals surface area contributed by atoms with Crippen LogP contribution in [0.4, 0.5) is 5.69 Å². The van der Waals surface area contributed by atoms with Crippen molar-refractivity contribution in [2.24, 2.45) is 17.6 Å². The first kappa shape index (κ1) is 13.7. The molecular weight excluding hydrogens is 244 g/mol. The quantitative estimate of drug-likeness (QED) is 0.723. The summed E-state index contributed by atoms with van der Waals surface area (Å²) in [6.07, 6.45) is 2.91. The van der Waals surface area contributed by atoms with E-state index in [1.807, 2.05) is 0 Å². The minimum atomic E-state index is -0.0617. The fourth-order valence-corrected chi connectivity index (χ4v) is 2.63. The Kier molecular flexibility index (Phi) is 4.27. The third-order valence-electron chi connectivity index (χ3n) is 3.76. The monoisotopic (exact) mass is 264 g/mol. The minimum absolute atomic E-state index is 0.00926. The molecule has 1 fully saturated rings. The molecule has 1 aliphatic carbocycles. The van der Waals surface area contributed by atoms with E-state index in [0.29, 0.717) is 18.0 Å². The zero-order chi connectivity index (χ0) is 13.8. The summed E-state index contributed by atoms with van der Waals surface area (Å²) in [5, 5.41) is 12.6. The smallest absolute Gasteiger partial charge is 0.227 e. The van der Waals surface area contributed by atoms with Gasteiger partial charge in [0.1, 0.15) is 11.5 Å². The standard InChI is InChI=1S/C14H20N2O3/c1-19-10-5-6-12(13(17)7-10)16-14(18)11-4-2-3-9(11)8-15/h5-7,9,11,17H,2-4,8,15H2,1H3,(H,16,18). The van der Waals surface area contributed by atoms with E-state index in [-0.39, 0.29) is 23.5 Å². The number of nitrogens with two attached hydrogens (primary N) is 1. The third kappa shape index (κ3) is 2.98. The summed E-state index contributed by atoms with van der Waals surface area (Å²) in [5.41, 5.74) is 6.09. The van der Waals surface area contributed by atoms with E-state index in [2.05, 4.69) is 5.32 Å². The number of nitrogens with one attached hydrogen (secondary N) is 1. The van der Waals surface area contributed by atoms with Crippen LogP contribution in [0.5, 0.6) is 11.5 Å². The van der Waals surface area contributed by atoms with Crippen molar-refractivity contribution in [3.05, 3.63) is 18.2 Å². The molecule has 0 aromatic heterocycles. The number of aromatic hydroxyl groups is 1. The second-order valence-corrected chi connectivity index (χ2v) is 4.91. The molecule has 4 N–H and O–H groups in total.